The van der Waals surface area contributed by atoms with Crippen LogP contribution in [0.5, 0.6) is 0 Å². The Hall–Kier alpha value is -2.05. The summed E-state index contributed by atoms with van der Waals surface area (Å²) < 4.78 is 0. The number of halogens is 2. The minimum absolute atomic E-state index is 0.0820. The number of aliphatic imine (C=N–C) groups is 1. The number of nitrogens with two attached hydrogens (primary N) is 1. The molecule has 7 heteroatoms. The van der Waals surface area contributed by atoms with Gasteiger partial charge in [0.05, 0.1) is 15.7 Å². The lowest BCUT2D eigenvalue weighted by molar-refractivity contribution is 0.105. The first-order valence-electron chi connectivity index (χ1n) is 11.1. The fourth-order valence-electron chi connectivity index (χ4n) is 5.56. The number of piperidine rings is 1. The lowest BCUT2D eigenvalue weighted by Crippen LogP contribution is -2.48. The number of rotatable bonds is 2. The summed E-state index contributed by atoms with van der Waals surface area (Å²) in [6, 6.07) is 14.1. The Balaban J connectivity index is 1.37. The number of nitrogens with zero attached hydrogens (tertiary/aromatic N) is 3. The zero-order chi connectivity index (χ0) is 22.6. The molecular formula is C25H28Cl2N4O. The number of fused-ring (bicyclic) bond motifs is 1. The van der Waals surface area contributed by atoms with Gasteiger partial charge in [0.1, 0.15) is 11.7 Å². The molecule has 2 aromatic rings. The number of hydrogen-bond acceptors (Lipinski definition) is 5. The molecule has 2 aliphatic heterocycles. The molecule has 0 amide bonds. The van der Waals surface area contributed by atoms with E-state index in [1.807, 2.05) is 26.0 Å². The largest absolute Gasteiger partial charge is 0.369 e. The predicted octanol–water partition coefficient (Wildman–Crippen LogP) is 5.12. The van der Waals surface area contributed by atoms with Crippen molar-refractivity contribution in [2.75, 3.05) is 18.0 Å². The molecule has 0 saturated carbocycles. The smallest absolute Gasteiger partial charge is 0.158 e. The molecule has 5 rings (SSSR count). The van der Waals surface area contributed by atoms with Crippen molar-refractivity contribution in [1.29, 1.82) is 0 Å². The van der Waals surface area contributed by atoms with E-state index in [1.165, 1.54) is 11.1 Å². The van der Waals surface area contributed by atoms with E-state index in [-0.39, 0.29) is 11.5 Å². The van der Waals surface area contributed by atoms with Crippen LogP contribution in [-0.4, -0.2) is 35.2 Å². The van der Waals surface area contributed by atoms with Gasteiger partial charge in [-0.25, -0.2) is 4.99 Å². The number of aliphatic hydroxyl groups excluding tert-OH is 1. The molecule has 1 fully saturated rings. The molecule has 3 N–H and O–H groups in total. The minimum Gasteiger partial charge on any atom is -0.369 e. The number of hydrogen-bond donors (Lipinski definition) is 2. The summed E-state index contributed by atoms with van der Waals surface area (Å²) in [5.41, 5.74) is 11.0. The van der Waals surface area contributed by atoms with E-state index >= 15 is 0 Å². The van der Waals surface area contributed by atoms with Gasteiger partial charge in [-0.05, 0) is 61.8 Å². The summed E-state index contributed by atoms with van der Waals surface area (Å²) in [6.45, 7) is 5.57. The summed E-state index contributed by atoms with van der Waals surface area (Å²) in [7, 11) is 0. The lowest BCUT2D eigenvalue weighted by atomic mass is 9.73. The molecule has 5 nitrogen and oxygen atoms in total. The lowest BCUT2D eigenvalue weighted by Gasteiger charge is -2.45. The zero-order valence-electron chi connectivity index (χ0n) is 18.4. The van der Waals surface area contributed by atoms with Crippen molar-refractivity contribution in [3.63, 3.8) is 0 Å². The Morgan fingerprint density at radius 2 is 1.78 bits per heavy atom. The second-order valence-electron chi connectivity index (χ2n) is 9.18. The fraction of sp³-hybridized carbons (Fsp3) is 0.400. The van der Waals surface area contributed by atoms with E-state index in [9.17, 15) is 5.11 Å². The monoisotopic (exact) mass is 470 g/mol. The average molecular weight is 471 g/mol. The van der Waals surface area contributed by atoms with Gasteiger partial charge in [-0.2, -0.15) is 0 Å². The molecule has 2 aromatic carbocycles. The quantitative estimate of drug-likeness (QED) is 0.638. The maximum atomic E-state index is 11.2. The van der Waals surface area contributed by atoms with Gasteiger partial charge >= 0.3 is 0 Å². The van der Waals surface area contributed by atoms with Crippen molar-refractivity contribution >= 4 is 34.7 Å². The summed E-state index contributed by atoms with van der Waals surface area (Å²) in [5.74, 6) is 1.54. The van der Waals surface area contributed by atoms with Crippen molar-refractivity contribution in [1.82, 2.24) is 4.90 Å². The highest BCUT2D eigenvalue weighted by Gasteiger charge is 2.46. The van der Waals surface area contributed by atoms with Crippen LogP contribution in [0.3, 0.4) is 0 Å². The van der Waals surface area contributed by atoms with E-state index < -0.39 is 6.23 Å². The molecular weight excluding hydrogens is 443 g/mol. The molecule has 168 valence electrons. The van der Waals surface area contributed by atoms with Gasteiger partial charge in [-0.3, -0.25) is 4.90 Å². The SMILES string of the molecule is CC1=NC(N2CCC3(CC2)Cc2ccccc2[C@H]3N)=C(C)C(O)N1c1cccc(Cl)c1Cl. The Morgan fingerprint density at radius 3 is 2.50 bits per heavy atom. The third kappa shape index (κ3) is 3.34. The molecule has 2 atom stereocenters. The molecule has 32 heavy (non-hydrogen) atoms. The van der Waals surface area contributed by atoms with Gasteiger partial charge in [0.2, 0.25) is 0 Å². The maximum Gasteiger partial charge on any atom is 0.158 e. The fourth-order valence-corrected chi connectivity index (χ4v) is 5.94. The molecule has 1 aliphatic carbocycles. The van der Waals surface area contributed by atoms with Crippen molar-refractivity contribution in [3.8, 4) is 0 Å². The number of likely N-dealkylation sites (tertiary alicyclic amines) is 1. The normalized spacial score (nSPS) is 24.8. The summed E-state index contributed by atoms with van der Waals surface area (Å²) in [6.07, 6.45) is 2.21. The highest BCUT2D eigenvalue weighted by atomic mass is 35.5. The first kappa shape index (κ1) is 21.8. The third-order valence-electron chi connectivity index (χ3n) is 7.44. The van der Waals surface area contributed by atoms with E-state index in [0.717, 1.165) is 43.7 Å². The predicted molar refractivity (Wildman–Crippen MR) is 131 cm³/mol. The number of benzene rings is 2. The molecule has 1 unspecified atom stereocenters. The van der Waals surface area contributed by atoms with Gasteiger partial charge in [-0.15, -0.1) is 0 Å². The summed E-state index contributed by atoms with van der Waals surface area (Å²) in [4.78, 5) is 8.92. The first-order chi connectivity index (χ1) is 15.3. The number of aliphatic hydroxyl groups is 1. The third-order valence-corrected chi connectivity index (χ3v) is 8.25. The van der Waals surface area contributed by atoms with Crippen LogP contribution in [0.15, 0.2) is 58.9 Å². The average Bonchev–Trinajstić information content (AvgIpc) is 3.06. The Morgan fingerprint density at radius 1 is 1.06 bits per heavy atom. The summed E-state index contributed by atoms with van der Waals surface area (Å²) >= 11 is 12.6. The second kappa shape index (κ2) is 8.07. The molecule has 3 aliphatic rings. The van der Waals surface area contributed by atoms with E-state index in [0.29, 0.717) is 21.6 Å². The topological polar surface area (TPSA) is 65.1 Å². The van der Waals surface area contributed by atoms with Crippen molar-refractivity contribution in [2.45, 2.75) is 45.4 Å². The van der Waals surface area contributed by atoms with Gasteiger partial charge in [-0.1, -0.05) is 53.5 Å². The van der Waals surface area contributed by atoms with Gasteiger partial charge in [0.25, 0.3) is 0 Å². The van der Waals surface area contributed by atoms with Crippen LogP contribution in [-0.2, 0) is 6.42 Å². The van der Waals surface area contributed by atoms with Crippen LogP contribution in [0.25, 0.3) is 0 Å². The Labute approximate surface area is 199 Å². The molecule has 0 radical (unpaired) electrons. The highest BCUT2D eigenvalue weighted by molar-refractivity contribution is 6.44. The van der Waals surface area contributed by atoms with Gasteiger partial charge in [0.15, 0.2) is 6.23 Å². The highest BCUT2D eigenvalue weighted by Crippen LogP contribution is 2.51. The molecule has 0 aromatic heterocycles. The van der Waals surface area contributed by atoms with Crippen molar-refractivity contribution < 1.29 is 5.11 Å². The van der Waals surface area contributed by atoms with Crippen LogP contribution < -0.4 is 10.6 Å². The Kier molecular flexibility index (Phi) is 5.49. The van der Waals surface area contributed by atoms with Crippen LogP contribution >= 0.6 is 23.2 Å². The van der Waals surface area contributed by atoms with Crippen molar-refractivity contribution in [3.05, 3.63) is 75.0 Å². The van der Waals surface area contributed by atoms with Gasteiger partial charge < -0.3 is 15.7 Å². The standard InChI is InChI=1S/C25H28Cl2N4O/c1-15-23(29-16(2)31(24(15)32)20-9-5-8-19(26)21(20)27)30-12-10-25(11-13-30)14-17-6-3-4-7-18(17)22(25)28/h3-9,22,24,32H,10-14,28H2,1-2H3/t22-,24?/m1/s1. The van der Waals surface area contributed by atoms with E-state index in [2.05, 4.69) is 29.2 Å². The molecule has 1 spiro atoms. The summed E-state index contributed by atoms with van der Waals surface area (Å²) in [5, 5.41) is 12.0. The van der Waals surface area contributed by atoms with Crippen molar-refractivity contribution in [2.24, 2.45) is 16.1 Å². The minimum atomic E-state index is -0.854. The molecule has 1 saturated heterocycles. The molecule has 0 bridgehead atoms. The first-order valence-corrected chi connectivity index (χ1v) is 11.8. The number of amidine groups is 1. The van der Waals surface area contributed by atoms with Crippen LogP contribution in [0.1, 0.15) is 43.9 Å². The molecule has 2 heterocycles. The zero-order valence-corrected chi connectivity index (χ0v) is 19.9. The van der Waals surface area contributed by atoms with Crippen LogP contribution in [0.2, 0.25) is 10.0 Å². The number of anilines is 1. The second-order valence-corrected chi connectivity index (χ2v) is 9.97. The van der Waals surface area contributed by atoms with Crippen LogP contribution in [0, 0.1) is 5.41 Å². The Bertz CT molecular complexity index is 1120. The van der Waals surface area contributed by atoms with Crippen LogP contribution in [0.4, 0.5) is 5.69 Å². The van der Waals surface area contributed by atoms with E-state index in [1.54, 1.807) is 11.0 Å². The maximum absolute atomic E-state index is 11.2. The van der Waals surface area contributed by atoms with E-state index in [4.69, 9.17) is 33.9 Å². The van der Waals surface area contributed by atoms with Gasteiger partial charge in [0, 0.05) is 24.7 Å².